The Balaban J connectivity index is 2.49. The third kappa shape index (κ3) is 2.94. The van der Waals surface area contributed by atoms with Gasteiger partial charge in [-0.2, -0.15) is 0 Å². The molecule has 0 heterocycles. The van der Waals surface area contributed by atoms with Gasteiger partial charge in [0, 0.05) is 26.7 Å². The zero-order chi connectivity index (χ0) is 14.2. The van der Waals surface area contributed by atoms with E-state index in [9.17, 15) is 18.3 Å². The summed E-state index contributed by atoms with van der Waals surface area (Å²) in [6.45, 7) is 0. The molecule has 19 heavy (non-hydrogen) atoms. The predicted octanol–water partition coefficient (Wildman–Crippen LogP) is 4.60. The molecule has 2 aromatic rings. The zero-order valence-electron chi connectivity index (χ0n) is 9.30. The quantitative estimate of drug-likeness (QED) is 0.784. The molecule has 0 radical (unpaired) electrons. The fourth-order valence-electron chi connectivity index (χ4n) is 1.64. The molecule has 6 heteroatoms. The summed E-state index contributed by atoms with van der Waals surface area (Å²) >= 11 is 9.10. The van der Waals surface area contributed by atoms with Gasteiger partial charge in [-0.25, -0.2) is 13.2 Å². The van der Waals surface area contributed by atoms with Crippen LogP contribution in [0.5, 0.6) is 0 Å². The van der Waals surface area contributed by atoms with Crippen molar-refractivity contribution in [2.45, 2.75) is 6.10 Å². The van der Waals surface area contributed by atoms with E-state index in [-0.39, 0.29) is 16.1 Å². The van der Waals surface area contributed by atoms with E-state index in [4.69, 9.17) is 11.6 Å². The van der Waals surface area contributed by atoms with E-state index in [1.807, 2.05) is 0 Å². The molecule has 0 saturated heterocycles. The molecular formula is C13H7BrClF3O. The third-order valence-electron chi connectivity index (χ3n) is 2.59. The molecule has 0 aliphatic rings. The van der Waals surface area contributed by atoms with Crippen molar-refractivity contribution in [3.63, 3.8) is 0 Å². The second-order valence-corrected chi connectivity index (χ2v) is 5.18. The number of halogens is 5. The van der Waals surface area contributed by atoms with Gasteiger partial charge in [0.05, 0.1) is 0 Å². The van der Waals surface area contributed by atoms with Crippen LogP contribution in [0.25, 0.3) is 0 Å². The molecule has 0 spiro atoms. The largest absolute Gasteiger partial charge is 0.383 e. The molecule has 0 amide bonds. The van der Waals surface area contributed by atoms with Crippen molar-refractivity contribution in [1.82, 2.24) is 0 Å². The fourth-order valence-corrected chi connectivity index (χ4v) is 2.42. The van der Waals surface area contributed by atoms with Crippen molar-refractivity contribution in [2.75, 3.05) is 0 Å². The average Bonchev–Trinajstić information content (AvgIpc) is 2.33. The number of aliphatic hydroxyl groups is 1. The minimum atomic E-state index is -1.48. The molecule has 0 aliphatic carbocycles. The van der Waals surface area contributed by atoms with Gasteiger partial charge in [-0.3, -0.25) is 0 Å². The number of hydrogen-bond acceptors (Lipinski definition) is 1. The highest BCUT2D eigenvalue weighted by molar-refractivity contribution is 9.10. The van der Waals surface area contributed by atoms with E-state index >= 15 is 0 Å². The lowest BCUT2D eigenvalue weighted by Crippen LogP contribution is -2.05. The van der Waals surface area contributed by atoms with Crippen molar-refractivity contribution in [3.05, 3.63) is 68.4 Å². The minimum absolute atomic E-state index is 0.186. The van der Waals surface area contributed by atoms with Crippen LogP contribution >= 0.6 is 27.5 Å². The van der Waals surface area contributed by atoms with Crippen molar-refractivity contribution in [3.8, 4) is 0 Å². The van der Waals surface area contributed by atoms with Gasteiger partial charge in [0.2, 0.25) is 0 Å². The lowest BCUT2D eigenvalue weighted by atomic mass is 10.0. The Morgan fingerprint density at radius 1 is 0.947 bits per heavy atom. The van der Waals surface area contributed by atoms with Gasteiger partial charge in [0.1, 0.15) is 11.9 Å². The summed E-state index contributed by atoms with van der Waals surface area (Å²) in [7, 11) is 0. The number of benzene rings is 2. The van der Waals surface area contributed by atoms with Crippen molar-refractivity contribution in [2.24, 2.45) is 0 Å². The van der Waals surface area contributed by atoms with Gasteiger partial charge < -0.3 is 5.11 Å². The third-order valence-corrected chi connectivity index (χ3v) is 3.41. The SMILES string of the molecule is OC(c1cc(F)c(F)cc1F)c1ccc(Br)cc1Cl. The summed E-state index contributed by atoms with van der Waals surface area (Å²) in [4.78, 5) is 0. The molecule has 100 valence electrons. The van der Waals surface area contributed by atoms with Gasteiger partial charge in [0.25, 0.3) is 0 Å². The molecule has 0 aliphatic heterocycles. The topological polar surface area (TPSA) is 20.2 Å². The molecule has 0 saturated carbocycles. The van der Waals surface area contributed by atoms with Gasteiger partial charge in [-0.1, -0.05) is 33.6 Å². The van der Waals surface area contributed by atoms with Crippen LogP contribution in [0, 0.1) is 17.5 Å². The maximum atomic E-state index is 13.6. The first-order valence-corrected chi connectivity index (χ1v) is 6.34. The highest BCUT2D eigenvalue weighted by Gasteiger charge is 2.20. The standard InChI is InChI=1S/C13H7BrClF3O/c14-6-1-2-7(9(15)3-6)13(19)8-4-11(17)12(18)5-10(8)16/h1-5,13,19H. The second kappa shape index (κ2) is 5.53. The highest BCUT2D eigenvalue weighted by atomic mass is 79.9. The Kier molecular flexibility index (Phi) is 4.18. The van der Waals surface area contributed by atoms with E-state index in [1.54, 1.807) is 6.07 Å². The Morgan fingerprint density at radius 2 is 1.58 bits per heavy atom. The summed E-state index contributed by atoms with van der Waals surface area (Å²) in [6, 6.07) is 5.59. The first-order chi connectivity index (χ1) is 8.90. The molecule has 1 N–H and O–H groups in total. The predicted molar refractivity (Wildman–Crippen MR) is 69.5 cm³/mol. The summed E-state index contributed by atoms with van der Waals surface area (Å²) in [5, 5.41) is 10.2. The molecule has 2 aromatic carbocycles. The van der Waals surface area contributed by atoms with Crippen LogP contribution < -0.4 is 0 Å². The number of rotatable bonds is 2. The lowest BCUT2D eigenvalue weighted by molar-refractivity contribution is 0.214. The van der Waals surface area contributed by atoms with Gasteiger partial charge in [0.15, 0.2) is 11.6 Å². The van der Waals surface area contributed by atoms with Crippen LogP contribution in [0.2, 0.25) is 5.02 Å². The molecular weight excluding hydrogens is 344 g/mol. The fraction of sp³-hybridized carbons (Fsp3) is 0.0769. The van der Waals surface area contributed by atoms with Crippen LogP contribution in [-0.2, 0) is 0 Å². The Labute approximate surface area is 120 Å². The Morgan fingerprint density at radius 3 is 2.21 bits per heavy atom. The van der Waals surface area contributed by atoms with E-state index in [2.05, 4.69) is 15.9 Å². The smallest absolute Gasteiger partial charge is 0.161 e. The summed E-state index contributed by atoms with van der Waals surface area (Å²) in [6.07, 6.45) is -1.48. The van der Waals surface area contributed by atoms with Crippen LogP contribution in [0.1, 0.15) is 17.2 Å². The van der Waals surface area contributed by atoms with E-state index in [1.165, 1.54) is 12.1 Å². The van der Waals surface area contributed by atoms with Crippen molar-refractivity contribution >= 4 is 27.5 Å². The molecule has 0 aromatic heterocycles. The number of aliphatic hydroxyl groups excluding tert-OH is 1. The summed E-state index contributed by atoms with van der Waals surface area (Å²) in [5.74, 6) is -3.58. The molecule has 2 rings (SSSR count). The molecule has 1 unspecified atom stereocenters. The van der Waals surface area contributed by atoms with Crippen molar-refractivity contribution in [1.29, 1.82) is 0 Å². The first kappa shape index (κ1) is 14.4. The highest BCUT2D eigenvalue weighted by Crippen LogP contribution is 2.32. The Hall–Kier alpha value is -1.04. The van der Waals surface area contributed by atoms with Gasteiger partial charge >= 0.3 is 0 Å². The van der Waals surface area contributed by atoms with Crippen molar-refractivity contribution < 1.29 is 18.3 Å². The molecule has 1 nitrogen and oxygen atoms in total. The van der Waals surface area contributed by atoms with E-state index in [0.717, 1.165) is 0 Å². The minimum Gasteiger partial charge on any atom is -0.383 e. The second-order valence-electron chi connectivity index (χ2n) is 3.86. The molecule has 0 bridgehead atoms. The monoisotopic (exact) mass is 350 g/mol. The van der Waals surface area contributed by atoms with Gasteiger partial charge in [-0.15, -0.1) is 0 Å². The van der Waals surface area contributed by atoms with E-state index in [0.29, 0.717) is 16.6 Å². The maximum absolute atomic E-state index is 13.6. The van der Waals surface area contributed by atoms with Crippen LogP contribution in [-0.4, -0.2) is 5.11 Å². The first-order valence-electron chi connectivity index (χ1n) is 5.17. The van der Waals surface area contributed by atoms with Crippen LogP contribution in [0.3, 0.4) is 0 Å². The maximum Gasteiger partial charge on any atom is 0.161 e. The average molecular weight is 352 g/mol. The lowest BCUT2D eigenvalue weighted by Gasteiger charge is -2.14. The Bertz CT molecular complexity index is 634. The van der Waals surface area contributed by atoms with E-state index < -0.39 is 23.6 Å². The summed E-state index contributed by atoms with van der Waals surface area (Å²) in [5.41, 5.74) is -0.169. The normalized spacial score (nSPS) is 12.5. The summed E-state index contributed by atoms with van der Waals surface area (Å²) < 4.78 is 40.2. The molecule has 0 fully saturated rings. The molecule has 1 atom stereocenters. The zero-order valence-corrected chi connectivity index (χ0v) is 11.6. The van der Waals surface area contributed by atoms with Crippen LogP contribution in [0.4, 0.5) is 13.2 Å². The van der Waals surface area contributed by atoms with Gasteiger partial charge in [-0.05, 0) is 18.2 Å². The van der Waals surface area contributed by atoms with Crippen LogP contribution in [0.15, 0.2) is 34.8 Å². The number of hydrogen-bond donors (Lipinski definition) is 1.